The largest absolute Gasteiger partial charge is 0.483 e. The molecule has 2 rings (SSSR count). The van der Waals surface area contributed by atoms with Crippen molar-refractivity contribution in [1.82, 2.24) is 4.90 Å². The number of aliphatic hydroxyl groups is 1. The molecule has 0 spiro atoms. The lowest BCUT2D eigenvalue weighted by Crippen LogP contribution is -2.34. The minimum Gasteiger partial charge on any atom is -0.483 e. The second-order valence-corrected chi connectivity index (χ2v) is 7.21. The van der Waals surface area contributed by atoms with Crippen molar-refractivity contribution >= 4 is 41.7 Å². The molecule has 0 fully saturated rings. The van der Waals surface area contributed by atoms with Crippen LogP contribution in [0.1, 0.15) is 18.1 Å². The molecule has 0 aliphatic heterocycles. The molecule has 0 aromatic heterocycles. The second kappa shape index (κ2) is 11.8. The number of aliphatic hydroxyl groups excluding tert-OH is 1. The lowest BCUT2D eigenvalue weighted by atomic mass is 10.1. The van der Waals surface area contributed by atoms with Gasteiger partial charge in [-0.15, -0.1) is 0 Å². The van der Waals surface area contributed by atoms with Gasteiger partial charge in [0.05, 0.1) is 10.7 Å². The number of anilines is 1. The van der Waals surface area contributed by atoms with Crippen LogP contribution in [0.4, 0.5) is 27.6 Å². The maximum atomic E-state index is 14.9. The summed E-state index contributed by atoms with van der Waals surface area (Å²) in [6.07, 6.45) is -1.92. The van der Waals surface area contributed by atoms with Crippen LogP contribution in [0.2, 0.25) is 5.02 Å². The van der Waals surface area contributed by atoms with E-state index in [4.69, 9.17) is 16.3 Å². The van der Waals surface area contributed by atoms with E-state index in [0.717, 1.165) is 34.2 Å². The molecule has 2 aromatic carbocycles. The fraction of sp³-hybridized carbons (Fsp3) is 0.273. The van der Waals surface area contributed by atoms with E-state index in [-0.39, 0.29) is 40.0 Å². The molecule has 34 heavy (non-hydrogen) atoms. The van der Waals surface area contributed by atoms with E-state index < -0.39 is 31.0 Å². The van der Waals surface area contributed by atoms with Gasteiger partial charge in [0.1, 0.15) is 24.0 Å². The van der Waals surface area contributed by atoms with Gasteiger partial charge in [0.25, 0.3) is 0 Å². The average molecular weight is 506 g/mol. The predicted octanol–water partition coefficient (Wildman–Crippen LogP) is 4.95. The van der Waals surface area contributed by atoms with Gasteiger partial charge in [0, 0.05) is 30.8 Å². The molecule has 0 aliphatic rings. The van der Waals surface area contributed by atoms with Gasteiger partial charge in [0.2, 0.25) is 6.41 Å². The molecule has 1 N–H and O–H groups in total. The first-order chi connectivity index (χ1) is 16.0. The van der Waals surface area contributed by atoms with E-state index in [9.17, 15) is 31.9 Å². The molecule has 184 valence electrons. The molecule has 12 heteroatoms. The van der Waals surface area contributed by atoms with Crippen LogP contribution in [-0.4, -0.2) is 55.2 Å². The smallest absolute Gasteiger partial charge is 0.422 e. The van der Waals surface area contributed by atoms with E-state index in [0.29, 0.717) is 6.41 Å². The number of alkyl halides is 3. The summed E-state index contributed by atoms with van der Waals surface area (Å²) < 4.78 is 72.1. The third-order valence-electron chi connectivity index (χ3n) is 4.45. The van der Waals surface area contributed by atoms with Crippen molar-refractivity contribution in [1.29, 1.82) is 0 Å². The first kappa shape index (κ1) is 27.1. The van der Waals surface area contributed by atoms with Gasteiger partial charge < -0.3 is 9.84 Å². The normalized spacial score (nSPS) is 12.2. The maximum Gasteiger partial charge on any atom is 0.422 e. The van der Waals surface area contributed by atoms with E-state index in [1.165, 1.54) is 25.3 Å². The highest BCUT2D eigenvalue weighted by molar-refractivity contribution is 6.32. The SMILES string of the molecule is CCN(C=O)/C(CO)=N\N(C)c1cc(OCC(F)(F)F)c(/C=C/c2c(F)cccc2Cl)cc1F. The summed E-state index contributed by atoms with van der Waals surface area (Å²) in [5.41, 5.74) is -0.461. The zero-order chi connectivity index (χ0) is 25.5. The zero-order valence-electron chi connectivity index (χ0n) is 18.1. The van der Waals surface area contributed by atoms with Gasteiger partial charge in [-0.05, 0) is 31.2 Å². The molecule has 0 atom stereocenters. The number of amidine groups is 1. The van der Waals surface area contributed by atoms with Crippen molar-refractivity contribution in [3.8, 4) is 5.75 Å². The van der Waals surface area contributed by atoms with Crippen LogP contribution in [0.15, 0.2) is 35.4 Å². The van der Waals surface area contributed by atoms with Crippen molar-refractivity contribution < 1.29 is 36.6 Å². The number of carbonyl (C=O) groups excluding carboxylic acids is 1. The molecule has 2 aromatic rings. The number of carbonyl (C=O) groups is 1. The molecular weight excluding hydrogens is 485 g/mol. The first-order valence-corrected chi connectivity index (χ1v) is 10.2. The Balaban J connectivity index is 2.53. The molecule has 0 radical (unpaired) electrons. The third kappa shape index (κ3) is 7.16. The highest BCUT2D eigenvalue weighted by Gasteiger charge is 2.29. The van der Waals surface area contributed by atoms with Crippen molar-refractivity contribution in [3.63, 3.8) is 0 Å². The maximum absolute atomic E-state index is 14.9. The monoisotopic (exact) mass is 505 g/mol. The van der Waals surface area contributed by atoms with Crippen molar-refractivity contribution in [2.24, 2.45) is 5.10 Å². The lowest BCUT2D eigenvalue weighted by Gasteiger charge is -2.22. The number of hydrogen-bond acceptors (Lipinski definition) is 5. The number of hydrazone groups is 1. The Hall–Kier alpha value is -3.18. The number of rotatable bonds is 9. The first-order valence-electron chi connectivity index (χ1n) is 9.79. The molecule has 6 nitrogen and oxygen atoms in total. The summed E-state index contributed by atoms with van der Waals surface area (Å²) in [7, 11) is 1.27. The van der Waals surface area contributed by atoms with Crippen LogP contribution in [0.25, 0.3) is 12.2 Å². The lowest BCUT2D eigenvalue weighted by molar-refractivity contribution is -0.153. The number of benzene rings is 2. The summed E-state index contributed by atoms with van der Waals surface area (Å²) in [4.78, 5) is 12.2. The Morgan fingerprint density at radius 2 is 1.91 bits per heavy atom. The predicted molar refractivity (Wildman–Crippen MR) is 120 cm³/mol. The molecule has 0 bridgehead atoms. The average Bonchev–Trinajstić information content (AvgIpc) is 2.77. The Bertz CT molecular complexity index is 1060. The molecule has 0 aliphatic carbocycles. The zero-order valence-corrected chi connectivity index (χ0v) is 18.9. The van der Waals surface area contributed by atoms with Crippen molar-refractivity contribution in [2.45, 2.75) is 13.1 Å². The van der Waals surface area contributed by atoms with E-state index in [1.807, 2.05) is 0 Å². The van der Waals surface area contributed by atoms with Gasteiger partial charge in [-0.25, -0.2) is 8.78 Å². The quantitative estimate of drug-likeness (QED) is 0.131. The highest BCUT2D eigenvalue weighted by atomic mass is 35.5. The fourth-order valence-electron chi connectivity index (χ4n) is 2.79. The number of halogens is 6. The summed E-state index contributed by atoms with van der Waals surface area (Å²) in [5.74, 6) is -2.07. The molecule has 0 saturated heterocycles. The van der Waals surface area contributed by atoms with Crippen LogP contribution in [-0.2, 0) is 4.79 Å². The topological polar surface area (TPSA) is 65.4 Å². The van der Waals surface area contributed by atoms with Gasteiger partial charge in [-0.3, -0.25) is 14.7 Å². The number of ether oxygens (including phenoxy) is 1. The fourth-order valence-corrected chi connectivity index (χ4v) is 3.01. The summed E-state index contributed by atoms with van der Waals surface area (Å²) in [6.45, 7) is -0.531. The molecule has 0 heterocycles. The Labute approximate surface area is 197 Å². The Kier molecular flexibility index (Phi) is 9.39. The minimum absolute atomic E-state index is 0.0433. The molecule has 0 unspecified atom stereocenters. The summed E-state index contributed by atoms with van der Waals surface area (Å²) >= 11 is 5.95. The third-order valence-corrected chi connectivity index (χ3v) is 4.78. The molecule has 1 amide bonds. The van der Waals surface area contributed by atoms with Gasteiger partial charge in [0.15, 0.2) is 12.4 Å². The summed E-state index contributed by atoms with van der Waals surface area (Å²) in [5, 5.41) is 14.4. The second-order valence-electron chi connectivity index (χ2n) is 6.80. The van der Waals surface area contributed by atoms with Crippen LogP contribution >= 0.6 is 11.6 Å². The standard InChI is InChI=1S/C22H21ClF5N3O3/c1-3-31(13-33)21(11-32)29-30(2)19-10-20(34-12-22(26,27)28)14(9-18(19)25)7-8-15-16(23)5-4-6-17(15)24/h4-10,13,32H,3,11-12H2,1-2H3/b8-7+,29-21-. The minimum atomic E-state index is -4.68. The van der Waals surface area contributed by atoms with Crippen molar-refractivity contribution in [2.75, 3.05) is 31.8 Å². The Morgan fingerprint density at radius 1 is 1.21 bits per heavy atom. The summed E-state index contributed by atoms with van der Waals surface area (Å²) in [6, 6.07) is 5.79. The number of nitrogens with zero attached hydrogens (tertiary/aromatic N) is 3. The van der Waals surface area contributed by atoms with E-state index in [1.54, 1.807) is 6.92 Å². The van der Waals surface area contributed by atoms with E-state index >= 15 is 0 Å². The number of likely N-dealkylation sites (N-methyl/N-ethyl adjacent to an activating group) is 1. The number of hydrogen-bond donors (Lipinski definition) is 1. The van der Waals surface area contributed by atoms with Gasteiger partial charge in [-0.1, -0.05) is 23.7 Å². The molecule has 0 saturated carbocycles. The Morgan fingerprint density at radius 3 is 2.47 bits per heavy atom. The van der Waals surface area contributed by atoms with Gasteiger partial charge >= 0.3 is 6.18 Å². The van der Waals surface area contributed by atoms with Crippen LogP contribution in [0.3, 0.4) is 0 Å². The van der Waals surface area contributed by atoms with Crippen LogP contribution in [0, 0.1) is 11.6 Å². The van der Waals surface area contributed by atoms with Gasteiger partial charge in [-0.2, -0.15) is 18.3 Å². The van der Waals surface area contributed by atoms with Crippen LogP contribution in [0.5, 0.6) is 5.75 Å². The number of amides is 1. The molecular formula is C22H21ClF5N3O3. The van der Waals surface area contributed by atoms with Crippen LogP contribution < -0.4 is 9.75 Å². The highest BCUT2D eigenvalue weighted by Crippen LogP contribution is 2.32. The van der Waals surface area contributed by atoms with E-state index in [2.05, 4.69) is 5.10 Å². The van der Waals surface area contributed by atoms with Crippen molar-refractivity contribution in [3.05, 3.63) is 58.1 Å².